The first kappa shape index (κ1) is 8.63. The molecule has 1 heterocycles. The average Bonchev–Trinajstić information content (AvgIpc) is 2.13. The van der Waals surface area contributed by atoms with Crippen LogP contribution in [0.4, 0.5) is 0 Å². The van der Waals surface area contributed by atoms with Crippen molar-refractivity contribution in [2.45, 2.75) is 26.7 Å². The molecule has 0 saturated carbocycles. The number of rotatable bonds is 1. The van der Waals surface area contributed by atoms with Gasteiger partial charge in [-0.25, -0.2) is 0 Å². The van der Waals surface area contributed by atoms with Gasteiger partial charge in [0.25, 0.3) is 0 Å². The molecule has 0 spiro atoms. The highest BCUT2D eigenvalue weighted by molar-refractivity contribution is 4.88. The predicted octanol–water partition coefficient (Wildman–Crippen LogP) is 2.50. The van der Waals surface area contributed by atoms with E-state index in [1.165, 1.54) is 19.4 Å². The molecule has 1 rings (SSSR count). The lowest BCUT2D eigenvalue weighted by atomic mass is 9.90. The van der Waals surface area contributed by atoms with Crippen molar-refractivity contribution in [2.75, 3.05) is 13.6 Å². The Balaban J connectivity index is 2.43. The van der Waals surface area contributed by atoms with Crippen molar-refractivity contribution in [1.29, 1.82) is 0 Å². The minimum atomic E-state index is 0.839. The van der Waals surface area contributed by atoms with Crippen LogP contribution in [-0.2, 0) is 0 Å². The Labute approximate surface area is 70.1 Å². The van der Waals surface area contributed by atoms with Crippen LogP contribution in [0.25, 0.3) is 0 Å². The summed E-state index contributed by atoms with van der Waals surface area (Å²) in [6.07, 6.45) is 7.13. The van der Waals surface area contributed by atoms with Gasteiger partial charge in [-0.05, 0) is 30.9 Å². The fraction of sp³-hybridized carbons (Fsp3) is 0.800. The molecule has 0 saturated heterocycles. The molecule has 1 aliphatic rings. The highest BCUT2D eigenvalue weighted by atomic mass is 15.1. The highest BCUT2D eigenvalue weighted by Gasteiger charge is 2.13. The lowest BCUT2D eigenvalue weighted by Crippen LogP contribution is -2.15. The van der Waals surface area contributed by atoms with E-state index in [-0.39, 0.29) is 0 Å². The zero-order chi connectivity index (χ0) is 8.27. The summed E-state index contributed by atoms with van der Waals surface area (Å²) in [7, 11) is 2.15. The molecule has 1 nitrogen and oxygen atoms in total. The summed E-state index contributed by atoms with van der Waals surface area (Å²) < 4.78 is 0. The number of nitrogens with zero attached hydrogens (tertiary/aromatic N) is 1. The maximum absolute atomic E-state index is 2.32. The Morgan fingerprint density at radius 3 is 2.82 bits per heavy atom. The van der Waals surface area contributed by atoms with E-state index in [2.05, 4.69) is 38.1 Å². The van der Waals surface area contributed by atoms with E-state index in [1.807, 2.05) is 0 Å². The van der Waals surface area contributed by atoms with Gasteiger partial charge in [-0.15, -0.1) is 0 Å². The molecule has 0 aliphatic carbocycles. The molecule has 0 N–H and O–H groups in total. The molecule has 1 aliphatic heterocycles. The van der Waals surface area contributed by atoms with Gasteiger partial charge in [-0.3, -0.25) is 0 Å². The van der Waals surface area contributed by atoms with Crippen LogP contribution in [0, 0.1) is 11.8 Å². The minimum Gasteiger partial charge on any atom is -0.381 e. The monoisotopic (exact) mass is 153 g/mol. The molecule has 0 fully saturated rings. The van der Waals surface area contributed by atoms with Gasteiger partial charge in [0, 0.05) is 13.6 Å². The molecular formula is C10H19N. The van der Waals surface area contributed by atoms with Gasteiger partial charge in [0.1, 0.15) is 0 Å². The summed E-state index contributed by atoms with van der Waals surface area (Å²) in [6, 6.07) is 0. The van der Waals surface area contributed by atoms with Gasteiger partial charge in [0.05, 0.1) is 0 Å². The second-order valence-corrected chi connectivity index (χ2v) is 3.89. The van der Waals surface area contributed by atoms with Crippen LogP contribution < -0.4 is 0 Å². The first-order valence-electron chi connectivity index (χ1n) is 4.57. The van der Waals surface area contributed by atoms with E-state index in [0.717, 1.165) is 11.8 Å². The second-order valence-electron chi connectivity index (χ2n) is 3.89. The van der Waals surface area contributed by atoms with Crippen LogP contribution in [0.15, 0.2) is 12.3 Å². The molecule has 0 aromatic carbocycles. The standard InChI is InChI=1S/C10H19N/c1-9(2)10-5-4-7-11(3)8-6-10/h4,7,9-10H,5-6,8H2,1-3H3. The maximum atomic E-state index is 2.32. The summed E-state index contributed by atoms with van der Waals surface area (Å²) >= 11 is 0. The smallest absolute Gasteiger partial charge is 0.0172 e. The third-order valence-corrected chi connectivity index (χ3v) is 2.59. The molecule has 11 heavy (non-hydrogen) atoms. The van der Waals surface area contributed by atoms with Crippen molar-refractivity contribution in [3.63, 3.8) is 0 Å². The van der Waals surface area contributed by atoms with Crippen LogP contribution in [0.3, 0.4) is 0 Å². The fourth-order valence-electron chi connectivity index (χ4n) is 1.58. The molecule has 0 aromatic heterocycles. The third kappa shape index (κ3) is 2.57. The lowest BCUT2D eigenvalue weighted by Gasteiger charge is -2.18. The van der Waals surface area contributed by atoms with Crippen molar-refractivity contribution in [1.82, 2.24) is 4.90 Å². The molecule has 0 aromatic rings. The largest absolute Gasteiger partial charge is 0.381 e. The van der Waals surface area contributed by atoms with Crippen LogP contribution in [0.1, 0.15) is 26.7 Å². The first-order valence-corrected chi connectivity index (χ1v) is 4.57. The van der Waals surface area contributed by atoms with Crippen molar-refractivity contribution in [3.8, 4) is 0 Å². The first-order chi connectivity index (χ1) is 5.20. The van der Waals surface area contributed by atoms with E-state index in [0.29, 0.717) is 0 Å². The summed E-state index contributed by atoms with van der Waals surface area (Å²) in [4.78, 5) is 2.28. The topological polar surface area (TPSA) is 3.24 Å². The number of hydrogen-bond donors (Lipinski definition) is 0. The molecule has 64 valence electrons. The molecule has 1 heteroatoms. The second kappa shape index (κ2) is 3.80. The van der Waals surface area contributed by atoms with E-state index in [9.17, 15) is 0 Å². The van der Waals surface area contributed by atoms with E-state index < -0.39 is 0 Å². The van der Waals surface area contributed by atoms with Gasteiger partial charge in [0.15, 0.2) is 0 Å². The van der Waals surface area contributed by atoms with Crippen molar-refractivity contribution >= 4 is 0 Å². The molecule has 0 amide bonds. The van der Waals surface area contributed by atoms with Crippen LogP contribution in [0.2, 0.25) is 0 Å². The van der Waals surface area contributed by atoms with E-state index >= 15 is 0 Å². The van der Waals surface area contributed by atoms with Gasteiger partial charge in [0.2, 0.25) is 0 Å². The predicted molar refractivity (Wildman–Crippen MR) is 49.3 cm³/mol. The zero-order valence-corrected chi connectivity index (χ0v) is 7.88. The van der Waals surface area contributed by atoms with Crippen LogP contribution >= 0.6 is 0 Å². The Hall–Kier alpha value is -0.460. The Morgan fingerprint density at radius 1 is 1.45 bits per heavy atom. The maximum Gasteiger partial charge on any atom is 0.0172 e. The molecular weight excluding hydrogens is 134 g/mol. The van der Waals surface area contributed by atoms with Crippen LogP contribution in [0.5, 0.6) is 0 Å². The Bertz CT molecular complexity index is 138. The van der Waals surface area contributed by atoms with Crippen molar-refractivity contribution < 1.29 is 0 Å². The molecule has 1 unspecified atom stereocenters. The van der Waals surface area contributed by atoms with Gasteiger partial charge in [-0.1, -0.05) is 19.9 Å². The Morgan fingerprint density at radius 2 is 2.18 bits per heavy atom. The zero-order valence-electron chi connectivity index (χ0n) is 7.88. The summed E-state index contributed by atoms with van der Waals surface area (Å²) in [6.45, 7) is 5.87. The van der Waals surface area contributed by atoms with Gasteiger partial charge < -0.3 is 4.90 Å². The normalized spacial score (nSPS) is 25.8. The van der Waals surface area contributed by atoms with Crippen LogP contribution in [-0.4, -0.2) is 18.5 Å². The van der Waals surface area contributed by atoms with E-state index in [1.54, 1.807) is 0 Å². The van der Waals surface area contributed by atoms with Crippen molar-refractivity contribution in [2.24, 2.45) is 11.8 Å². The quantitative estimate of drug-likeness (QED) is 0.559. The fourth-order valence-corrected chi connectivity index (χ4v) is 1.58. The summed E-state index contributed by atoms with van der Waals surface area (Å²) in [5, 5.41) is 0. The molecule has 1 atom stereocenters. The average molecular weight is 153 g/mol. The molecule has 0 radical (unpaired) electrons. The lowest BCUT2D eigenvalue weighted by molar-refractivity contribution is 0.330. The number of hydrogen-bond acceptors (Lipinski definition) is 1. The number of allylic oxidation sites excluding steroid dienone is 1. The summed E-state index contributed by atoms with van der Waals surface area (Å²) in [5.74, 6) is 1.74. The third-order valence-electron chi connectivity index (χ3n) is 2.59. The SMILES string of the molecule is CC(C)C1CC=CN(C)CC1. The van der Waals surface area contributed by atoms with Gasteiger partial charge >= 0.3 is 0 Å². The van der Waals surface area contributed by atoms with E-state index in [4.69, 9.17) is 0 Å². The highest BCUT2D eigenvalue weighted by Crippen LogP contribution is 2.22. The summed E-state index contributed by atoms with van der Waals surface area (Å²) in [5.41, 5.74) is 0. The van der Waals surface area contributed by atoms with Crippen molar-refractivity contribution in [3.05, 3.63) is 12.3 Å². The molecule has 0 bridgehead atoms. The minimum absolute atomic E-state index is 0.839. The Kier molecular flexibility index (Phi) is 2.98. The van der Waals surface area contributed by atoms with Gasteiger partial charge in [-0.2, -0.15) is 0 Å².